The van der Waals surface area contributed by atoms with Gasteiger partial charge in [0.1, 0.15) is 6.04 Å². The van der Waals surface area contributed by atoms with E-state index in [9.17, 15) is 31.1 Å². The van der Waals surface area contributed by atoms with E-state index < -0.39 is 41.1 Å². The fraction of sp³-hybridized carbons (Fsp3) is 0.222. The van der Waals surface area contributed by atoms with Gasteiger partial charge in [-0.15, -0.1) is 10.2 Å². The number of carbonyl (C=O) groups is 1. The summed E-state index contributed by atoms with van der Waals surface area (Å²) in [6, 6.07) is 7.45. The predicted molar refractivity (Wildman–Crippen MR) is 93.0 cm³/mol. The van der Waals surface area contributed by atoms with Gasteiger partial charge in [-0.25, -0.2) is 0 Å². The van der Waals surface area contributed by atoms with Crippen LogP contribution in [-0.4, -0.2) is 26.1 Å². The number of rotatable bonds is 4. The summed E-state index contributed by atoms with van der Waals surface area (Å²) in [7, 11) is 0. The standard InChI is InChI=1S/C18H13F6N5O/c1-10(16(30)25-14-8-3-2-7-13(14)18(22,23)24)29-27-15(26-28-29)11-5-4-6-12(9-11)17(19,20)21/h2-10H,1H3,(H,25,30). The van der Waals surface area contributed by atoms with E-state index in [1.807, 2.05) is 0 Å². The Hall–Kier alpha value is -3.44. The van der Waals surface area contributed by atoms with Crippen LogP contribution in [0, 0.1) is 0 Å². The molecule has 3 rings (SSSR count). The maximum Gasteiger partial charge on any atom is 0.418 e. The van der Waals surface area contributed by atoms with Crippen molar-refractivity contribution in [1.82, 2.24) is 20.2 Å². The van der Waals surface area contributed by atoms with Crippen LogP contribution in [0.5, 0.6) is 0 Å². The van der Waals surface area contributed by atoms with E-state index in [1.165, 1.54) is 31.2 Å². The minimum absolute atomic E-state index is 0.0195. The van der Waals surface area contributed by atoms with E-state index in [0.29, 0.717) is 0 Å². The number of carbonyl (C=O) groups excluding carboxylic acids is 1. The van der Waals surface area contributed by atoms with Gasteiger partial charge in [0.2, 0.25) is 5.82 Å². The minimum Gasteiger partial charge on any atom is -0.324 e. The molecule has 0 radical (unpaired) electrons. The van der Waals surface area contributed by atoms with E-state index in [1.54, 1.807) is 0 Å². The van der Waals surface area contributed by atoms with Crippen LogP contribution in [0.2, 0.25) is 0 Å². The Morgan fingerprint density at radius 3 is 2.37 bits per heavy atom. The van der Waals surface area contributed by atoms with Crippen LogP contribution in [0.1, 0.15) is 24.1 Å². The van der Waals surface area contributed by atoms with Crippen LogP contribution in [0.15, 0.2) is 48.5 Å². The van der Waals surface area contributed by atoms with Crippen molar-refractivity contribution in [1.29, 1.82) is 0 Å². The van der Waals surface area contributed by atoms with E-state index >= 15 is 0 Å². The van der Waals surface area contributed by atoms with Crippen molar-refractivity contribution in [2.75, 3.05) is 5.32 Å². The highest BCUT2D eigenvalue weighted by Gasteiger charge is 2.34. The van der Waals surface area contributed by atoms with Gasteiger partial charge >= 0.3 is 12.4 Å². The summed E-state index contributed by atoms with van der Waals surface area (Å²) in [5.41, 5.74) is -2.36. The molecule has 1 unspecified atom stereocenters. The smallest absolute Gasteiger partial charge is 0.324 e. The van der Waals surface area contributed by atoms with Crippen LogP contribution < -0.4 is 5.32 Å². The molecule has 1 N–H and O–H groups in total. The quantitative estimate of drug-likeness (QED) is 0.617. The molecule has 6 nitrogen and oxygen atoms in total. The molecule has 1 amide bonds. The molecule has 0 aliphatic rings. The van der Waals surface area contributed by atoms with E-state index in [4.69, 9.17) is 0 Å². The fourth-order valence-corrected chi connectivity index (χ4v) is 2.52. The fourth-order valence-electron chi connectivity index (χ4n) is 2.52. The number of halogens is 6. The van der Waals surface area contributed by atoms with E-state index in [0.717, 1.165) is 29.1 Å². The van der Waals surface area contributed by atoms with Crippen molar-refractivity contribution in [3.8, 4) is 11.4 Å². The van der Waals surface area contributed by atoms with Gasteiger partial charge in [-0.2, -0.15) is 31.1 Å². The summed E-state index contributed by atoms with van der Waals surface area (Å²) < 4.78 is 77.7. The number of benzene rings is 2. The molecular weight excluding hydrogens is 416 g/mol. The molecule has 12 heteroatoms. The SMILES string of the molecule is CC(C(=O)Nc1ccccc1C(F)(F)F)n1nnc(-c2cccc(C(F)(F)F)c2)n1. The molecule has 0 aliphatic carbocycles. The number of alkyl halides is 6. The summed E-state index contributed by atoms with van der Waals surface area (Å²) in [6.07, 6.45) is -9.24. The largest absolute Gasteiger partial charge is 0.418 e. The van der Waals surface area contributed by atoms with Gasteiger partial charge < -0.3 is 5.32 Å². The lowest BCUT2D eigenvalue weighted by molar-refractivity contribution is -0.138. The lowest BCUT2D eigenvalue weighted by Gasteiger charge is -2.15. The molecule has 0 saturated heterocycles. The molecule has 158 valence electrons. The van der Waals surface area contributed by atoms with Gasteiger partial charge in [-0.1, -0.05) is 24.3 Å². The average molecular weight is 429 g/mol. The summed E-state index contributed by atoms with van der Waals surface area (Å²) in [4.78, 5) is 13.2. The van der Waals surface area contributed by atoms with Crippen molar-refractivity contribution in [2.24, 2.45) is 0 Å². The molecule has 0 fully saturated rings. The van der Waals surface area contributed by atoms with Gasteiger partial charge in [0.25, 0.3) is 5.91 Å². The number of tetrazole rings is 1. The second kappa shape index (κ2) is 7.76. The number of anilines is 1. The molecule has 1 atom stereocenters. The Labute approximate surface area is 165 Å². The Kier molecular flexibility index (Phi) is 5.51. The first-order valence-electron chi connectivity index (χ1n) is 8.41. The highest BCUT2D eigenvalue weighted by atomic mass is 19.4. The first kappa shape index (κ1) is 21.3. The topological polar surface area (TPSA) is 72.7 Å². The molecule has 0 bridgehead atoms. The van der Waals surface area contributed by atoms with Crippen LogP contribution in [0.4, 0.5) is 32.0 Å². The predicted octanol–water partition coefficient (Wildman–Crippen LogP) is 4.58. The van der Waals surface area contributed by atoms with Crippen molar-refractivity contribution < 1.29 is 31.1 Å². The monoisotopic (exact) mass is 429 g/mol. The summed E-state index contributed by atoms with van der Waals surface area (Å²) in [6.45, 7) is 1.31. The second-order valence-corrected chi connectivity index (χ2v) is 6.22. The first-order valence-corrected chi connectivity index (χ1v) is 8.41. The van der Waals surface area contributed by atoms with Crippen LogP contribution >= 0.6 is 0 Å². The number of nitrogens with one attached hydrogen (secondary N) is 1. The molecule has 3 aromatic rings. The number of para-hydroxylation sites is 1. The Morgan fingerprint density at radius 1 is 1.00 bits per heavy atom. The lowest BCUT2D eigenvalue weighted by atomic mass is 10.1. The maximum atomic E-state index is 13.1. The van der Waals surface area contributed by atoms with Gasteiger partial charge in [-0.05, 0) is 36.4 Å². The van der Waals surface area contributed by atoms with E-state index in [-0.39, 0.29) is 11.4 Å². The highest BCUT2D eigenvalue weighted by Crippen LogP contribution is 2.35. The second-order valence-electron chi connectivity index (χ2n) is 6.22. The van der Waals surface area contributed by atoms with Gasteiger partial charge in [0.15, 0.2) is 0 Å². The molecular formula is C18H13F6N5O. The third kappa shape index (κ3) is 4.58. The van der Waals surface area contributed by atoms with Crippen LogP contribution in [0.3, 0.4) is 0 Å². The third-order valence-corrected chi connectivity index (χ3v) is 4.09. The molecule has 1 heterocycles. The van der Waals surface area contributed by atoms with Crippen molar-refractivity contribution in [2.45, 2.75) is 25.3 Å². The molecule has 0 aliphatic heterocycles. The molecule has 0 spiro atoms. The summed E-state index contributed by atoms with van der Waals surface area (Å²) in [5.74, 6) is -1.03. The summed E-state index contributed by atoms with van der Waals surface area (Å²) >= 11 is 0. The van der Waals surface area contributed by atoms with Crippen molar-refractivity contribution in [3.05, 3.63) is 59.7 Å². The Bertz CT molecular complexity index is 1060. The zero-order chi connectivity index (χ0) is 22.1. The molecule has 30 heavy (non-hydrogen) atoms. The number of hydrogen-bond acceptors (Lipinski definition) is 4. The number of nitrogens with zero attached hydrogens (tertiary/aromatic N) is 4. The molecule has 0 saturated carbocycles. The van der Waals surface area contributed by atoms with Gasteiger partial charge in [0, 0.05) is 5.56 Å². The maximum absolute atomic E-state index is 13.1. The Balaban J connectivity index is 1.81. The number of aromatic nitrogens is 4. The Morgan fingerprint density at radius 2 is 1.70 bits per heavy atom. The lowest BCUT2D eigenvalue weighted by Crippen LogP contribution is -2.26. The normalized spacial score (nSPS) is 13.2. The average Bonchev–Trinajstić information content (AvgIpc) is 3.16. The number of amides is 1. The van der Waals surface area contributed by atoms with Crippen LogP contribution in [-0.2, 0) is 17.1 Å². The zero-order valence-electron chi connectivity index (χ0n) is 15.2. The van der Waals surface area contributed by atoms with Gasteiger partial charge in [-0.3, -0.25) is 4.79 Å². The highest BCUT2D eigenvalue weighted by molar-refractivity contribution is 5.94. The minimum atomic E-state index is -4.67. The van der Waals surface area contributed by atoms with E-state index in [2.05, 4.69) is 20.7 Å². The number of hydrogen-bond donors (Lipinski definition) is 1. The van der Waals surface area contributed by atoms with Crippen molar-refractivity contribution >= 4 is 11.6 Å². The zero-order valence-corrected chi connectivity index (χ0v) is 15.2. The molecule has 1 aromatic heterocycles. The summed E-state index contributed by atoms with van der Waals surface area (Å²) in [5, 5.41) is 13.3. The van der Waals surface area contributed by atoms with Crippen molar-refractivity contribution in [3.63, 3.8) is 0 Å². The molecule has 2 aromatic carbocycles. The first-order chi connectivity index (χ1) is 14.0. The third-order valence-electron chi connectivity index (χ3n) is 4.09. The van der Waals surface area contributed by atoms with Crippen LogP contribution in [0.25, 0.3) is 11.4 Å². The van der Waals surface area contributed by atoms with Gasteiger partial charge in [0.05, 0.1) is 16.8 Å².